The lowest BCUT2D eigenvalue weighted by atomic mass is 10.4. The molecule has 1 atom stereocenters. The number of hydrazine groups is 1. The van der Waals surface area contributed by atoms with Gasteiger partial charge in [-0.15, -0.1) is 11.3 Å². The molecule has 0 aromatic carbocycles. The van der Waals surface area contributed by atoms with Crippen molar-refractivity contribution in [1.29, 1.82) is 0 Å². The first-order chi connectivity index (χ1) is 6.67. The second kappa shape index (κ2) is 5.23. The van der Waals surface area contributed by atoms with Crippen LogP contribution in [0.25, 0.3) is 0 Å². The van der Waals surface area contributed by atoms with Gasteiger partial charge in [0.15, 0.2) is 5.11 Å². The fourth-order valence-electron chi connectivity index (χ4n) is 0.986. The molecule has 78 valence electrons. The molecule has 6 heteroatoms. The van der Waals surface area contributed by atoms with Crippen molar-refractivity contribution >= 4 is 28.7 Å². The first-order valence-corrected chi connectivity index (χ1v) is 5.61. The zero-order valence-corrected chi connectivity index (χ0v) is 9.84. The third kappa shape index (κ3) is 2.90. The number of nitrogens with one attached hydrogen (secondary N) is 2. The van der Waals surface area contributed by atoms with Crippen LogP contribution in [-0.4, -0.2) is 10.1 Å². The molecule has 0 aliphatic heterocycles. The molecule has 0 saturated carbocycles. The van der Waals surface area contributed by atoms with Crippen molar-refractivity contribution < 1.29 is 0 Å². The highest BCUT2D eigenvalue weighted by atomic mass is 32.1. The van der Waals surface area contributed by atoms with Gasteiger partial charge in [-0.2, -0.15) is 0 Å². The van der Waals surface area contributed by atoms with Gasteiger partial charge in [-0.1, -0.05) is 6.92 Å². The monoisotopic (exact) mass is 230 g/mol. The first-order valence-electron chi connectivity index (χ1n) is 4.39. The number of thiazole rings is 1. The standard InChI is InChI=1S/C8H14N4S2/c1-3-6-4-10-7(14-6)5(2)11-8(13)12-9/h4-5H,3,9H2,1-2H3,(H2,11,12,13). The summed E-state index contributed by atoms with van der Waals surface area (Å²) in [5.74, 6) is 5.16. The van der Waals surface area contributed by atoms with E-state index in [1.165, 1.54) is 4.88 Å². The highest BCUT2D eigenvalue weighted by Gasteiger charge is 2.10. The van der Waals surface area contributed by atoms with Gasteiger partial charge in [-0.05, 0) is 25.6 Å². The van der Waals surface area contributed by atoms with Gasteiger partial charge in [0.1, 0.15) is 5.01 Å². The number of aryl methyl sites for hydroxylation is 1. The van der Waals surface area contributed by atoms with Gasteiger partial charge in [0, 0.05) is 11.1 Å². The van der Waals surface area contributed by atoms with Crippen LogP contribution in [-0.2, 0) is 6.42 Å². The quantitative estimate of drug-likeness (QED) is 0.412. The average Bonchev–Trinajstić information content (AvgIpc) is 2.65. The smallest absolute Gasteiger partial charge is 0.181 e. The zero-order valence-electron chi connectivity index (χ0n) is 8.20. The van der Waals surface area contributed by atoms with E-state index in [0.29, 0.717) is 5.11 Å². The fraction of sp³-hybridized carbons (Fsp3) is 0.500. The van der Waals surface area contributed by atoms with E-state index in [-0.39, 0.29) is 6.04 Å². The van der Waals surface area contributed by atoms with Crippen molar-refractivity contribution in [2.24, 2.45) is 5.84 Å². The van der Waals surface area contributed by atoms with Gasteiger partial charge in [0.25, 0.3) is 0 Å². The minimum Gasteiger partial charge on any atom is -0.353 e. The summed E-state index contributed by atoms with van der Waals surface area (Å²) in [7, 11) is 0. The maximum absolute atomic E-state index is 5.16. The minimum absolute atomic E-state index is 0.101. The summed E-state index contributed by atoms with van der Waals surface area (Å²) >= 11 is 6.59. The molecule has 0 fully saturated rings. The number of thiocarbonyl (C=S) groups is 1. The van der Waals surface area contributed by atoms with Crippen LogP contribution < -0.4 is 16.6 Å². The Hall–Kier alpha value is -0.720. The normalized spacial score (nSPS) is 12.2. The summed E-state index contributed by atoms with van der Waals surface area (Å²) in [5.41, 5.74) is 2.38. The Balaban J connectivity index is 2.60. The second-order valence-corrected chi connectivity index (χ2v) is 4.41. The van der Waals surface area contributed by atoms with E-state index in [0.717, 1.165) is 11.4 Å². The predicted molar refractivity (Wildman–Crippen MR) is 63.0 cm³/mol. The molecule has 1 aromatic rings. The van der Waals surface area contributed by atoms with Crippen molar-refractivity contribution in [2.75, 3.05) is 0 Å². The fourth-order valence-corrected chi connectivity index (χ4v) is 2.02. The molecule has 0 radical (unpaired) electrons. The SMILES string of the molecule is CCc1cnc(C(C)NC(=S)NN)s1. The third-order valence-electron chi connectivity index (χ3n) is 1.77. The summed E-state index contributed by atoms with van der Waals surface area (Å²) in [5, 5.41) is 4.49. The first kappa shape index (κ1) is 11.4. The lowest BCUT2D eigenvalue weighted by molar-refractivity contribution is 0.697. The predicted octanol–water partition coefficient (Wildman–Crippen LogP) is 1.10. The van der Waals surface area contributed by atoms with Crippen LogP contribution in [0.2, 0.25) is 0 Å². The Morgan fingerprint density at radius 1 is 1.79 bits per heavy atom. The lowest BCUT2D eigenvalue weighted by Crippen LogP contribution is -2.40. The van der Waals surface area contributed by atoms with Gasteiger partial charge >= 0.3 is 0 Å². The Bertz CT molecular complexity index is 310. The van der Waals surface area contributed by atoms with Crippen LogP contribution in [0.15, 0.2) is 6.20 Å². The van der Waals surface area contributed by atoms with Gasteiger partial charge < -0.3 is 10.7 Å². The summed E-state index contributed by atoms with van der Waals surface area (Å²) in [6.45, 7) is 4.11. The van der Waals surface area contributed by atoms with Crippen LogP contribution in [0.3, 0.4) is 0 Å². The van der Waals surface area contributed by atoms with Crippen molar-refractivity contribution in [3.05, 3.63) is 16.1 Å². The van der Waals surface area contributed by atoms with Crippen LogP contribution in [0.5, 0.6) is 0 Å². The van der Waals surface area contributed by atoms with Crippen molar-refractivity contribution in [1.82, 2.24) is 15.7 Å². The molecule has 0 bridgehead atoms. The number of hydrogen-bond acceptors (Lipinski definition) is 4. The molecule has 0 saturated heterocycles. The van der Waals surface area contributed by atoms with Crippen LogP contribution in [0.1, 0.15) is 29.8 Å². The van der Waals surface area contributed by atoms with E-state index in [2.05, 4.69) is 22.7 Å². The number of nitrogens with zero attached hydrogens (tertiary/aromatic N) is 1. The topological polar surface area (TPSA) is 63.0 Å². The van der Waals surface area contributed by atoms with Crippen LogP contribution in [0.4, 0.5) is 0 Å². The van der Waals surface area contributed by atoms with E-state index in [9.17, 15) is 0 Å². The van der Waals surface area contributed by atoms with E-state index < -0.39 is 0 Å². The van der Waals surface area contributed by atoms with Gasteiger partial charge in [0.05, 0.1) is 6.04 Å². The Morgan fingerprint density at radius 2 is 2.50 bits per heavy atom. The molecule has 1 heterocycles. The van der Waals surface area contributed by atoms with E-state index in [4.69, 9.17) is 18.1 Å². The molecule has 0 aliphatic carbocycles. The number of nitrogens with two attached hydrogens (primary N) is 1. The van der Waals surface area contributed by atoms with Crippen molar-refractivity contribution in [3.63, 3.8) is 0 Å². The Kier molecular flexibility index (Phi) is 4.24. The van der Waals surface area contributed by atoms with E-state index in [1.54, 1.807) is 11.3 Å². The largest absolute Gasteiger partial charge is 0.353 e. The summed E-state index contributed by atoms with van der Waals surface area (Å²) in [6, 6.07) is 0.101. The molecule has 0 aliphatic rings. The van der Waals surface area contributed by atoms with Crippen molar-refractivity contribution in [3.8, 4) is 0 Å². The van der Waals surface area contributed by atoms with Crippen LogP contribution in [0, 0.1) is 0 Å². The van der Waals surface area contributed by atoms with Gasteiger partial charge in [0.2, 0.25) is 0 Å². The Labute approximate surface area is 92.9 Å². The molecule has 4 N–H and O–H groups in total. The number of aromatic nitrogens is 1. The molecule has 1 unspecified atom stereocenters. The van der Waals surface area contributed by atoms with Gasteiger partial charge in [-0.3, -0.25) is 0 Å². The highest BCUT2D eigenvalue weighted by molar-refractivity contribution is 7.80. The molecule has 14 heavy (non-hydrogen) atoms. The zero-order chi connectivity index (χ0) is 10.6. The molecular weight excluding hydrogens is 216 g/mol. The Morgan fingerprint density at radius 3 is 3.00 bits per heavy atom. The van der Waals surface area contributed by atoms with Gasteiger partial charge in [-0.25, -0.2) is 10.8 Å². The molecule has 0 spiro atoms. The molecule has 1 aromatic heterocycles. The minimum atomic E-state index is 0.101. The molecule has 0 amide bonds. The summed E-state index contributed by atoms with van der Waals surface area (Å²) in [6.07, 6.45) is 2.92. The maximum Gasteiger partial charge on any atom is 0.181 e. The molecular formula is C8H14N4S2. The number of hydrogen-bond donors (Lipinski definition) is 3. The summed E-state index contributed by atoms with van der Waals surface area (Å²) < 4.78 is 0. The molecule has 4 nitrogen and oxygen atoms in total. The molecule has 1 rings (SSSR count). The third-order valence-corrected chi connectivity index (χ3v) is 3.33. The van der Waals surface area contributed by atoms with E-state index >= 15 is 0 Å². The van der Waals surface area contributed by atoms with Crippen molar-refractivity contribution in [2.45, 2.75) is 26.3 Å². The van der Waals surface area contributed by atoms with Crippen LogP contribution >= 0.6 is 23.6 Å². The lowest BCUT2D eigenvalue weighted by Gasteiger charge is -2.12. The average molecular weight is 230 g/mol. The second-order valence-electron chi connectivity index (χ2n) is 2.86. The maximum atomic E-state index is 5.16. The van der Waals surface area contributed by atoms with E-state index in [1.807, 2.05) is 13.1 Å². The number of rotatable bonds is 3. The summed E-state index contributed by atoms with van der Waals surface area (Å²) in [4.78, 5) is 5.58. The highest BCUT2D eigenvalue weighted by Crippen LogP contribution is 2.19.